The summed E-state index contributed by atoms with van der Waals surface area (Å²) in [6.45, 7) is 0.522. The van der Waals surface area contributed by atoms with Crippen LogP contribution in [0.2, 0.25) is 0 Å². The van der Waals surface area contributed by atoms with E-state index in [0.717, 1.165) is 25.7 Å². The fraction of sp³-hybridized carbons (Fsp3) is 0.571. The molecule has 100 valence electrons. The van der Waals surface area contributed by atoms with E-state index in [1.54, 1.807) is 14.2 Å². The quantitative estimate of drug-likeness (QED) is 0.872. The predicted molar refractivity (Wildman–Crippen MR) is 70.4 cm³/mol. The second-order valence-corrected chi connectivity index (χ2v) is 4.69. The average molecular weight is 251 g/mol. The summed E-state index contributed by atoms with van der Waals surface area (Å²) in [7, 11) is 3.26. The SMILES string of the molecule is COc1cccc(OC)c1OC1(CN)CCCC1. The van der Waals surface area contributed by atoms with Gasteiger partial charge in [-0.25, -0.2) is 0 Å². The first-order valence-electron chi connectivity index (χ1n) is 6.35. The Morgan fingerprint density at radius 2 is 1.67 bits per heavy atom. The van der Waals surface area contributed by atoms with Crippen LogP contribution in [0.5, 0.6) is 17.2 Å². The Labute approximate surface area is 108 Å². The van der Waals surface area contributed by atoms with E-state index < -0.39 is 0 Å². The standard InChI is InChI=1S/C14H21NO3/c1-16-11-6-5-7-12(17-2)13(11)18-14(10-15)8-3-4-9-14/h5-7H,3-4,8-10,15H2,1-2H3. The van der Waals surface area contributed by atoms with E-state index in [-0.39, 0.29) is 5.60 Å². The highest BCUT2D eigenvalue weighted by atomic mass is 16.5. The molecule has 1 aliphatic carbocycles. The number of benzene rings is 1. The van der Waals surface area contributed by atoms with E-state index in [1.165, 1.54) is 0 Å². The Bertz CT molecular complexity index is 378. The van der Waals surface area contributed by atoms with Crippen molar-refractivity contribution in [1.82, 2.24) is 0 Å². The highest BCUT2D eigenvalue weighted by Gasteiger charge is 2.36. The Kier molecular flexibility index (Phi) is 3.97. The first-order chi connectivity index (χ1) is 8.74. The number of hydrogen-bond acceptors (Lipinski definition) is 4. The van der Waals surface area contributed by atoms with Crippen molar-refractivity contribution in [3.63, 3.8) is 0 Å². The van der Waals surface area contributed by atoms with Crippen LogP contribution in [0.1, 0.15) is 25.7 Å². The van der Waals surface area contributed by atoms with Gasteiger partial charge in [-0.3, -0.25) is 0 Å². The molecule has 0 aliphatic heterocycles. The van der Waals surface area contributed by atoms with E-state index in [0.29, 0.717) is 23.8 Å². The van der Waals surface area contributed by atoms with Crippen molar-refractivity contribution in [2.75, 3.05) is 20.8 Å². The van der Waals surface area contributed by atoms with E-state index in [9.17, 15) is 0 Å². The lowest BCUT2D eigenvalue weighted by molar-refractivity contribution is 0.0777. The largest absolute Gasteiger partial charge is 0.493 e. The average Bonchev–Trinajstić information content (AvgIpc) is 2.88. The molecule has 2 rings (SSSR count). The summed E-state index contributed by atoms with van der Waals surface area (Å²) >= 11 is 0. The maximum atomic E-state index is 6.18. The third-order valence-electron chi connectivity index (χ3n) is 3.59. The van der Waals surface area contributed by atoms with E-state index >= 15 is 0 Å². The van der Waals surface area contributed by atoms with Crippen LogP contribution in [0.4, 0.5) is 0 Å². The molecule has 1 aromatic carbocycles. The summed E-state index contributed by atoms with van der Waals surface area (Å²) in [6.07, 6.45) is 4.30. The predicted octanol–water partition coefficient (Wildman–Crippen LogP) is 2.35. The van der Waals surface area contributed by atoms with E-state index in [1.807, 2.05) is 18.2 Å². The molecule has 1 aromatic rings. The summed E-state index contributed by atoms with van der Waals surface area (Å²) < 4.78 is 16.9. The minimum atomic E-state index is -0.262. The Morgan fingerprint density at radius 1 is 1.11 bits per heavy atom. The summed E-state index contributed by atoms with van der Waals surface area (Å²) in [6, 6.07) is 5.63. The lowest BCUT2D eigenvalue weighted by Crippen LogP contribution is -2.41. The number of rotatable bonds is 5. The normalized spacial score (nSPS) is 17.5. The molecule has 0 amide bonds. The molecule has 18 heavy (non-hydrogen) atoms. The van der Waals surface area contributed by atoms with E-state index in [4.69, 9.17) is 19.9 Å². The summed E-state index contributed by atoms with van der Waals surface area (Å²) in [5, 5.41) is 0. The number of para-hydroxylation sites is 1. The Morgan fingerprint density at radius 3 is 2.11 bits per heavy atom. The van der Waals surface area contributed by atoms with Crippen LogP contribution < -0.4 is 19.9 Å². The van der Waals surface area contributed by atoms with Crippen LogP contribution in [0, 0.1) is 0 Å². The van der Waals surface area contributed by atoms with Gasteiger partial charge in [-0.05, 0) is 37.8 Å². The first kappa shape index (κ1) is 13.0. The number of ether oxygens (including phenoxy) is 3. The molecular formula is C14H21NO3. The van der Waals surface area contributed by atoms with Crippen molar-refractivity contribution in [3.05, 3.63) is 18.2 Å². The zero-order chi connectivity index (χ0) is 13.0. The van der Waals surface area contributed by atoms with Crippen molar-refractivity contribution < 1.29 is 14.2 Å². The molecule has 0 bridgehead atoms. The smallest absolute Gasteiger partial charge is 0.204 e. The fourth-order valence-electron chi connectivity index (χ4n) is 2.50. The summed E-state index contributed by atoms with van der Waals surface area (Å²) in [5.74, 6) is 2.04. The molecule has 0 aromatic heterocycles. The Balaban J connectivity index is 2.31. The van der Waals surface area contributed by atoms with Gasteiger partial charge in [0.1, 0.15) is 5.60 Å². The highest BCUT2D eigenvalue weighted by Crippen LogP contribution is 2.42. The van der Waals surface area contributed by atoms with Crippen molar-refractivity contribution in [2.24, 2.45) is 5.73 Å². The van der Waals surface area contributed by atoms with Crippen molar-refractivity contribution in [3.8, 4) is 17.2 Å². The van der Waals surface area contributed by atoms with Gasteiger partial charge in [-0.2, -0.15) is 0 Å². The lowest BCUT2D eigenvalue weighted by atomic mass is 10.0. The second-order valence-electron chi connectivity index (χ2n) is 4.69. The minimum absolute atomic E-state index is 0.262. The first-order valence-corrected chi connectivity index (χ1v) is 6.35. The lowest BCUT2D eigenvalue weighted by Gasteiger charge is -2.30. The topological polar surface area (TPSA) is 53.7 Å². The number of nitrogens with two attached hydrogens (primary N) is 1. The molecule has 4 nitrogen and oxygen atoms in total. The molecule has 0 spiro atoms. The number of hydrogen-bond donors (Lipinski definition) is 1. The van der Waals surface area contributed by atoms with Gasteiger partial charge in [-0.15, -0.1) is 0 Å². The van der Waals surface area contributed by atoms with Crippen LogP contribution in [0.25, 0.3) is 0 Å². The third kappa shape index (κ3) is 2.38. The van der Waals surface area contributed by atoms with Crippen molar-refractivity contribution >= 4 is 0 Å². The molecule has 0 unspecified atom stereocenters. The molecule has 1 saturated carbocycles. The van der Waals surface area contributed by atoms with Gasteiger partial charge in [0.2, 0.25) is 5.75 Å². The van der Waals surface area contributed by atoms with Crippen molar-refractivity contribution in [2.45, 2.75) is 31.3 Å². The third-order valence-corrected chi connectivity index (χ3v) is 3.59. The van der Waals surface area contributed by atoms with Crippen LogP contribution in [-0.4, -0.2) is 26.4 Å². The zero-order valence-corrected chi connectivity index (χ0v) is 11.1. The minimum Gasteiger partial charge on any atom is -0.493 e. The molecule has 2 N–H and O–H groups in total. The van der Waals surface area contributed by atoms with Gasteiger partial charge in [0, 0.05) is 6.54 Å². The molecule has 0 heterocycles. The van der Waals surface area contributed by atoms with Crippen LogP contribution in [0.3, 0.4) is 0 Å². The fourth-order valence-corrected chi connectivity index (χ4v) is 2.50. The highest BCUT2D eigenvalue weighted by molar-refractivity contribution is 5.51. The summed E-state index contributed by atoms with van der Waals surface area (Å²) in [4.78, 5) is 0. The molecule has 1 fully saturated rings. The molecule has 0 atom stereocenters. The van der Waals surface area contributed by atoms with Crippen LogP contribution >= 0.6 is 0 Å². The summed E-state index contributed by atoms with van der Waals surface area (Å²) in [5.41, 5.74) is 5.63. The Hall–Kier alpha value is -1.42. The number of methoxy groups -OCH3 is 2. The maximum absolute atomic E-state index is 6.18. The van der Waals surface area contributed by atoms with Gasteiger partial charge in [-0.1, -0.05) is 6.07 Å². The van der Waals surface area contributed by atoms with Crippen molar-refractivity contribution in [1.29, 1.82) is 0 Å². The van der Waals surface area contributed by atoms with Crippen LogP contribution in [-0.2, 0) is 0 Å². The van der Waals surface area contributed by atoms with Crippen LogP contribution in [0.15, 0.2) is 18.2 Å². The van der Waals surface area contributed by atoms with Gasteiger partial charge in [0.05, 0.1) is 14.2 Å². The molecule has 1 aliphatic rings. The molecular weight excluding hydrogens is 230 g/mol. The van der Waals surface area contributed by atoms with Gasteiger partial charge in [0.25, 0.3) is 0 Å². The maximum Gasteiger partial charge on any atom is 0.204 e. The molecule has 0 radical (unpaired) electrons. The van der Waals surface area contributed by atoms with Gasteiger partial charge < -0.3 is 19.9 Å². The van der Waals surface area contributed by atoms with E-state index in [2.05, 4.69) is 0 Å². The monoisotopic (exact) mass is 251 g/mol. The van der Waals surface area contributed by atoms with Gasteiger partial charge >= 0.3 is 0 Å². The zero-order valence-electron chi connectivity index (χ0n) is 11.1. The second kappa shape index (κ2) is 5.48. The molecule has 4 heteroatoms. The van der Waals surface area contributed by atoms with Gasteiger partial charge in [0.15, 0.2) is 11.5 Å². The molecule has 0 saturated heterocycles.